The van der Waals surface area contributed by atoms with Crippen LogP contribution in [-0.2, 0) is 9.59 Å². The van der Waals surface area contributed by atoms with E-state index in [1.165, 1.54) is 32.4 Å². The summed E-state index contributed by atoms with van der Waals surface area (Å²) in [5.41, 5.74) is 0.844. The number of rotatable bonds is 8. The number of imide groups is 1. The van der Waals surface area contributed by atoms with Crippen molar-refractivity contribution in [1.29, 1.82) is 0 Å². The molecule has 0 spiro atoms. The minimum absolute atomic E-state index is 0.104. The summed E-state index contributed by atoms with van der Waals surface area (Å²) in [4.78, 5) is 39.3. The molecule has 0 radical (unpaired) electrons. The first-order chi connectivity index (χ1) is 17.4. The average Bonchev–Trinajstić information content (AvgIpc) is 3.11. The van der Waals surface area contributed by atoms with Gasteiger partial charge in [0.2, 0.25) is 0 Å². The number of amides is 2. The molecule has 0 aromatic heterocycles. The Morgan fingerprint density at radius 2 is 1.39 bits per heavy atom. The molecule has 1 aliphatic rings. The van der Waals surface area contributed by atoms with Gasteiger partial charge in [0.25, 0.3) is 11.8 Å². The van der Waals surface area contributed by atoms with Gasteiger partial charge in [-0.1, -0.05) is 11.6 Å². The quantitative estimate of drug-likeness (QED) is 0.272. The Bertz CT molecular complexity index is 1350. The maximum absolute atomic E-state index is 13.1. The molecule has 2 amide bonds. The van der Waals surface area contributed by atoms with Gasteiger partial charge in [0.1, 0.15) is 33.7 Å². The lowest BCUT2D eigenvalue weighted by molar-refractivity contribution is -0.120. The van der Waals surface area contributed by atoms with E-state index in [9.17, 15) is 14.4 Å². The summed E-state index contributed by atoms with van der Waals surface area (Å²) < 4.78 is 20.9. The van der Waals surface area contributed by atoms with Crippen LogP contribution in [0.15, 0.2) is 77.5 Å². The second kappa shape index (κ2) is 10.4. The summed E-state index contributed by atoms with van der Waals surface area (Å²) in [5.74, 6) is -0.150. The predicted octanol–water partition coefficient (Wildman–Crippen LogP) is 4.37. The van der Waals surface area contributed by atoms with Crippen LogP contribution in [-0.4, -0.2) is 39.1 Å². The molecule has 1 aliphatic heterocycles. The number of benzene rings is 3. The first kappa shape index (κ1) is 24.6. The van der Waals surface area contributed by atoms with Gasteiger partial charge >= 0.3 is 5.97 Å². The number of esters is 1. The van der Waals surface area contributed by atoms with Crippen molar-refractivity contribution in [2.75, 3.05) is 31.5 Å². The molecule has 1 N–H and O–H groups in total. The molecule has 0 fully saturated rings. The van der Waals surface area contributed by atoms with Crippen LogP contribution in [0, 0.1) is 0 Å². The summed E-state index contributed by atoms with van der Waals surface area (Å²) in [7, 11) is 4.45. The summed E-state index contributed by atoms with van der Waals surface area (Å²) in [6.45, 7) is 0. The number of anilines is 2. The fraction of sp³-hybridized carbons (Fsp3) is 0.115. The third kappa shape index (κ3) is 4.82. The molecule has 3 aromatic carbocycles. The minimum atomic E-state index is -0.702. The average molecular weight is 509 g/mol. The first-order valence-corrected chi connectivity index (χ1v) is 11.0. The monoisotopic (exact) mass is 508 g/mol. The van der Waals surface area contributed by atoms with Gasteiger partial charge < -0.3 is 24.3 Å². The summed E-state index contributed by atoms with van der Waals surface area (Å²) in [6, 6.07) is 17.5. The Hall–Kier alpha value is -4.50. The van der Waals surface area contributed by atoms with Crippen molar-refractivity contribution in [1.82, 2.24) is 0 Å². The van der Waals surface area contributed by atoms with Crippen molar-refractivity contribution in [3.8, 4) is 23.0 Å². The van der Waals surface area contributed by atoms with Crippen LogP contribution in [0.1, 0.15) is 10.4 Å². The molecule has 0 unspecified atom stereocenters. The molecule has 9 nitrogen and oxygen atoms in total. The van der Waals surface area contributed by atoms with Crippen LogP contribution in [0.5, 0.6) is 23.0 Å². The Kier molecular flexibility index (Phi) is 7.12. The molecule has 10 heteroatoms. The van der Waals surface area contributed by atoms with Crippen LogP contribution >= 0.6 is 11.6 Å². The first-order valence-electron chi connectivity index (χ1n) is 10.6. The van der Waals surface area contributed by atoms with Gasteiger partial charge in [0.05, 0.1) is 32.6 Å². The Morgan fingerprint density at radius 1 is 0.778 bits per heavy atom. The van der Waals surface area contributed by atoms with Crippen LogP contribution in [0.3, 0.4) is 0 Å². The highest BCUT2D eigenvalue weighted by Crippen LogP contribution is 2.37. The Balaban J connectivity index is 1.48. The van der Waals surface area contributed by atoms with Crippen molar-refractivity contribution < 1.29 is 33.3 Å². The molecule has 0 atom stereocenters. The number of nitrogens with one attached hydrogen (secondary N) is 1. The zero-order chi connectivity index (χ0) is 25.8. The fourth-order valence-electron chi connectivity index (χ4n) is 3.44. The van der Waals surface area contributed by atoms with Crippen molar-refractivity contribution in [3.63, 3.8) is 0 Å². The largest absolute Gasteiger partial charge is 0.497 e. The van der Waals surface area contributed by atoms with Crippen LogP contribution in [0.25, 0.3) is 0 Å². The molecule has 0 bridgehead atoms. The Labute approximate surface area is 211 Å². The van der Waals surface area contributed by atoms with Gasteiger partial charge in [-0.05, 0) is 60.7 Å². The predicted molar refractivity (Wildman–Crippen MR) is 133 cm³/mol. The van der Waals surface area contributed by atoms with Gasteiger partial charge in [-0.25, -0.2) is 9.69 Å². The highest BCUT2D eigenvalue weighted by molar-refractivity contribution is 6.53. The van der Waals surface area contributed by atoms with E-state index in [4.69, 9.17) is 30.5 Å². The lowest BCUT2D eigenvalue weighted by Crippen LogP contribution is -2.32. The van der Waals surface area contributed by atoms with Crippen molar-refractivity contribution in [2.45, 2.75) is 0 Å². The third-order valence-corrected chi connectivity index (χ3v) is 5.67. The molecule has 0 saturated heterocycles. The number of nitrogens with zero attached hydrogens (tertiary/aromatic N) is 1. The minimum Gasteiger partial charge on any atom is -0.497 e. The molecule has 1 heterocycles. The molecular weight excluding hydrogens is 488 g/mol. The van der Waals surface area contributed by atoms with Gasteiger partial charge in [0.15, 0.2) is 0 Å². The van der Waals surface area contributed by atoms with Crippen LogP contribution in [0.2, 0.25) is 0 Å². The number of methoxy groups -OCH3 is 3. The molecule has 0 saturated carbocycles. The summed E-state index contributed by atoms with van der Waals surface area (Å²) in [6.07, 6.45) is 0. The smallest absolute Gasteiger partial charge is 0.343 e. The van der Waals surface area contributed by atoms with E-state index in [1.54, 1.807) is 55.6 Å². The van der Waals surface area contributed by atoms with Crippen LogP contribution in [0.4, 0.5) is 11.4 Å². The molecule has 3 aromatic rings. The van der Waals surface area contributed by atoms with E-state index in [0.29, 0.717) is 22.9 Å². The highest BCUT2D eigenvalue weighted by Gasteiger charge is 2.40. The highest BCUT2D eigenvalue weighted by atomic mass is 35.5. The summed E-state index contributed by atoms with van der Waals surface area (Å²) >= 11 is 6.22. The van der Waals surface area contributed by atoms with Crippen molar-refractivity contribution in [2.24, 2.45) is 0 Å². The van der Waals surface area contributed by atoms with Crippen molar-refractivity contribution >= 4 is 40.8 Å². The number of halogens is 1. The number of carbonyl (C=O) groups excluding carboxylic acids is 3. The standard InChI is InChI=1S/C26H21ClN2O7/c1-33-17-8-10-18(11-9-17)36-26(32)15-4-6-16(7-5-15)28-23-22(27)24(30)29(25(23)31)20-13-12-19(34-2)14-21(20)35-3/h4-14,28H,1-3H3. The molecule has 0 aliphatic carbocycles. The number of hydrogen-bond acceptors (Lipinski definition) is 8. The van der Waals surface area contributed by atoms with E-state index in [2.05, 4.69) is 5.32 Å². The van der Waals surface area contributed by atoms with E-state index < -0.39 is 17.8 Å². The third-order valence-electron chi connectivity index (χ3n) is 5.32. The van der Waals surface area contributed by atoms with E-state index >= 15 is 0 Å². The van der Waals surface area contributed by atoms with Crippen LogP contribution < -0.4 is 29.2 Å². The zero-order valence-corrected chi connectivity index (χ0v) is 20.3. The molecular formula is C26H21ClN2O7. The van der Waals surface area contributed by atoms with Gasteiger partial charge in [-0.2, -0.15) is 0 Å². The molecule has 4 rings (SSSR count). The zero-order valence-electron chi connectivity index (χ0n) is 19.5. The lowest BCUT2D eigenvalue weighted by Gasteiger charge is -2.18. The maximum Gasteiger partial charge on any atom is 0.343 e. The second-order valence-corrected chi connectivity index (χ2v) is 7.82. The van der Waals surface area contributed by atoms with E-state index in [0.717, 1.165) is 4.90 Å². The Morgan fingerprint density at radius 3 is 2.00 bits per heavy atom. The number of ether oxygens (including phenoxy) is 4. The maximum atomic E-state index is 13.1. The van der Waals surface area contributed by atoms with Gasteiger partial charge in [-0.15, -0.1) is 0 Å². The van der Waals surface area contributed by atoms with E-state index in [1.807, 2.05) is 0 Å². The lowest BCUT2D eigenvalue weighted by atomic mass is 10.2. The normalized spacial score (nSPS) is 13.1. The molecule has 184 valence electrons. The molecule has 36 heavy (non-hydrogen) atoms. The summed E-state index contributed by atoms with van der Waals surface area (Å²) in [5, 5.41) is 2.59. The SMILES string of the molecule is COc1ccc(OC(=O)c2ccc(NC3=C(Cl)C(=O)N(c4ccc(OC)cc4OC)C3=O)cc2)cc1. The fourth-order valence-corrected chi connectivity index (χ4v) is 3.66. The van der Waals surface area contributed by atoms with Gasteiger partial charge in [0, 0.05) is 11.8 Å². The number of hydrogen-bond donors (Lipinski definition) is 1. The van der Waals surface area contributed by atoms with Gasteiger partial charge in [-0.3, -0.25) is 9.59 Å². The van der Waals surface area contributed by atoms with E-state index in [-0.39, 0.29) is 27.7 Å². The van der Waals surface area contributed by atoms with Crippen molar-refractivity contribution in [3.05, 3.63) is 83.0 Å². The second-order valence-electron chi connectivity index (χ2n) is 7.44. The number of carbonyl (C=O) groups is 3. The topological polar surface area (TPSA) is 103 Å².